The van der Waals surface area contributed by atoms with E-state index in [1.54, 1.807) is 0 Å². The Bertz CT molecular complexity index is 260. The maximum atomic E-state index is 11.3. The largest absolute Gasteiger partial charge is 0.520 e. The van der Waals surface area contributed by atoms with Crippen LogP contribution in [0.3, 0.4) is 0 Å². The van der Waals surface area contributed by atoms with Crippen LogP contribution in [0, 0.1) is 0 Å². The van der Waals surface area contributed by atoms with Crippen molar-refractivity contribution in [2.75, 3.05) is 0 Å². The van der Waals surface area contributed by atoms with E-state index in [2.05, 4.69) is 0 Å². The molecule has 0 bridgehead atoms. The van der Waals surface area contributed by atoms with Crippen LogP contribution in [0.5, 0.6) is 0 Å². The van der Waals surface area contributed by atoms with E-state index in [9.17, 15) is 9.90 Å². The van der Waals surface area contributed by atoms with Gasteiger partial charge in [-0.3, -0.25) is 0 Å². The molecule has 0 atom stereocenters. The van der Waals surface area contributed by atoms with E-state index in [0.717, 1.165) is 6.08 Å². The Morgan fingerprint density at radius 2 is 1.40 bits per heavy atom. The summed E-state index contributed by atoms with van der Waals surface area (Å²) in [5.74, 6) is -0.887. The number of hydrogen-bond acceptors (Lipinski definition) is 4. The third kappa shape index (κ3) is 9.55. The van der Waals surface area contributed by atoms with E-state index in [1.807, 2.05) is 39.3 Å². The topological polar surface area (TPSA) is 55.8 Å². The summed E-state index contributed by atoms with van der Waals surface area (Å²) in [6, 6.07) is 0. The fraction of sp³-hybridized carbons (Fsp3) is 0.667. The van der Waals surface area contributed by atoms with Crippen molar-refractivity contribution in [3.63, 3.8) is 0 Å². The zero-order valence-corrected chi connectivity index (χ0v) is 12.2. The molecule has 0 spiro atoms. The van der Waals surface area contributed by atoms with Gasteiger partial charge in [-0.05, 0) is 39.3 Å². The monoisotopic (exact) mass is 248 g/mol. The maximum Gasteiger partial charge on any atom is 0.324 e. The van der Waals surface area contributed by atoms with Gasteiger partial charge in [0.2, 0.25) is 16.6 Å². The lowest BCUT2D eigenvalue weighted by Gasteiger charge is -2.19. The van der Waals surface area contributed by atoms with Gasteiger partial charge >= 0.3 is 5.97 Å². The van der Waals surface area contributed by atoms with Gasteiger partial charge in [0.25, 0.3) is 5.95 Å². The van der Waals surface area contributed by atoms with Crippen molar-refractivity contribution in [1.82, 2.24) is 0 Å². The highest BCUT2D eigenvalue weighted by molar-refractivity contribution is 6.71. The summed E-state index contributed by atoms with van der Waals surface area (Å²) >= 11 is 0. The molecule has 1 N–H and O–H groups in total. The first-order valence-electron chi connectivity index (χ1n) is 4.82. The lowest BCUT2D eigenvalue weighted by Crippen LogP contribution is -2.29. The van der Waals surface area contributed by atoms with Crippen LogP contribution in [-0.4, -0.2) is 27.7 Å². The second-order valence-corrected chi connectivity index (χ2v) is 14.1. The van der Waals surface area contributed by atoms with Gasteiger partial charge in [-0.1, -0.05) is 0 Å². The van der Waals surface area contributed by atoms with Crippen molar-refractivity contribution >= 4 is 22.6 Å². The Kier molecular flexibility index (Phi) is 4.60. The van der Waals surface area contributed by atoms with Crippen molar-refractivity contribution < 1.29 is 18.8 Å². The SMILES string of the molecule is C[Si](C)(C)OC(=O)C=C(O)O[Si](C)(C)C. The molecule has 0 aromatic heterocycles. The average Bonchev–Trinajstić information content (AvgIpc) is 1.73. The van der Waals surface area contributed by atoms with E-state index < -0.39 is 22.6 Å². The molecule has 0 unspecified atom stereocenters. The van der Waals surface area contributed by atoms with Crippen LogP contribution in [-0.2, 0) is 13.6 Å². The average molecular weight is 248 g/mol. The van der Waals surface area contributed by atoms with Crippen LogP contribution < -0.4 is 0 Å². The van der Waals surface area contributed by atoms with Crippen LogP contribution in [0.1, 0.15) is 0 Å². The molecule has 6 heteroatoms. The number of rotatable bonds is 4. The summed E-state index contributed by atoms with van der Waals surface area (Å²) in [7, 11) is -3.76. The molecule has 0 heterocycles. The molecule has 0 saturated heterocycles. The van der Waals surface area contributed by atoms with Gasteiger partial charge in [-0.2, -0.15) is 0 Å². The van der Waals surface area contributed by atoms with E-state index >= 15 is 0 Å². The molecule has 0 radical (unpaired) electrons. The summed E-state index contributed by atoms with van der Waals surface area (Å²) in [5, 5.41) is 9.34. The lowest BCUT2D eigenvalue weighted by molar-refractivity contribution is -0.130. The van der Waals surface area contributed by atoms with E-state index in [1.165, 1.54) is 0 Å². The molecule has 0 aromatic carbocycles. The first-order chi connectivity index (χ1) is 6.49. The van der Waals surface area contributed by atoms with Crippen molar-refractivity contribution in [2.45, 2.75) is 39.3 Å². The Hall–Kier alpha value is -0.756. The van der Waals surface area contributed by atoms with E-state index in [-0.39, 0.29) is 5.95 Å². The van der Waals surface area contributed by atoms with Crippen molar-refractivity contribution in [1.29, 1.82) is 0 Å². The van der Waals surface area contributed by atoms with E-state index in [0.29, 0.717) is 0 Å². The Labute approximate surface area is 93.2 Å². The Balaban J connectivity index is 4.31. The quantitative estimate of drug-likeness (QED) is 0.472. The highest BCUT2D eigenvalue weighted by Gasteiger charge is 2.21. The highest BCUT2D eigenvalue weighted by atomic mass is 28.4. The fourth-order valence-corrected chi connectivity index (χ4v) is 2.12. The zero-order valence-electron chi connectivity index (χ0n) is 10.2. The van der Waals surface area contributed by atoms with Gasteiger partial charge in [0.05, 0.1) is 0 Å². The third-order valence-corrected chi connectivity index (χ3v) is 2.69. The minimum atomic E-state index is -1.90. The van der Waals surface area contributed by atoms with Crippen LogP contribution in [0.2, 0.25) is 39.3 Å². The Morgan fingerprint density at radius 1 is 1.00 bits per heavy atom. The van der Waals surface area contributed by atoms with Crippen molar-refractivity contribution in [3.05, 3.63) is 12.0 Å². The second-order valence-electron chi connectivity index (χ2n) is 5.23. The molecule has 0 amide bonds. The summed E-state index contributed by atoms with van der Waals surface area (Å²) in [5.41, 5.74) is 0. The number of carbonyl (C=O) groups excluding carboxylic acids is 1. The van der Waals surface area contributed by atoms with Crippen molar-refractivity contribution in [2.24, 2.45) is 0 Å². The number of aliphatic hydroxyl groups excluding tert-OH is 1. The van der Waals surface area contributed by atoms with Crippen molar-refractivity contribution in [3.8, 4) is 0 Å². The molecule has 0 aliphatic rings. The molecule has 0 aromatic rings. The zero-order chi connectivity index (χ0) is 12.3. The lowest BCUT2D eigenvalue weighted by atomic mass is 10.6. The van der Waals surface area contributed by atoms with Crippen LogP contribution in [0.4, 0.5) is 0 Å². The summed E-state index contributed by atoms with van der Waals surface area (Å²) < 4.78 is 10.3. The summed E-state index contributed by atoms with van der Waals surface area (Å²) in [6.07, 6.45) is 0.997. The molecule has 4 nitrogen and oxygen atoms in total. The minimum Gasteiger partial charge on any atom is -0.520 e. The minimum absolute atomic E-state index is 0.350. The first kappa shape index (κ1) is 14.2. The number of hydrogen-bond donors (Lipinski definition) is 1. The van der Waals surface area contributed by atoms with E-state index in [4.69, 9.17) is 8.85 Å². The smallest absolute Gasteiger partial charge is 0.324 e. The maximum absolute atomic E-state index is 11.3. The molecule has 0 fully saturated rings. The molecule has 88 valence electrons. The molecule has 0 aliphatic carbocycles. The first-order valence-corrected chi connectivity index (χ1v) is 11.6. The Morgan fingerprint density at radius 3 is 1.73 bits per heavy atom. The number of carbonyl (C=O) groups is 1. The summed E-state index contributed by atoms with van der Waals surface area (Å²) in [4.78, 5) is 11.3. The molecular formula is C9H20O4Si2. The molecule has 0 rings (SSSR count). The highest BCUT2D eigenvalue weighted by Crippen LogP contribution is 2.09. The fourth-order valence-electron chi connectivity index (χ4n) is 0.775. The molecule has 0 saturated carbocycles. The van der Waals surface area contributed by atoms with Gasteiger partial charge in [-0.15, -0.1) is 0 Å². The molecule has 0 aliphatic heterocycles. The normalized spacial score (nSPS) is 13.6. The van der Waals surface area contributed by atoms with Gasteiger partial charge in [0, 0.05) is 0 Å². The van der Waals surface area contributed by atoms with Crippen LogP contribution in [0.25, 0.3) is 0 Å². The van der Waals surface area contributed by atoms with Crippen LogP contribution in [0.15, 0.2) is 12.0 Å². The van der Waals surface area contributed by atoms with Gasteiger partial charge in [-0.25, -0.2) is 4.79 Å². The van der Waals surface area contributed by atoms with Gasteiger partial charge < -0.3 is 14.0 Å². The predicted octanol–water partition coefficient (Wildman–Crippen LogP) is 2.62. The molecule has 15 heavy (non-hydrogen) atoms. The van der Waals surface area contributed by atoms with Gasteiger partial charge in [0.15, 0.2) is 0 Å². The number of aliphatic hydroxyl groups is 1. The third-order valence-electron chi connectivity index (χ3n) is 1.06. The molecular weight excluding hydrogens is 228 g/mol. The predicted molar refractivity (Wildman–Crippen MR) is 64.6 cm³/mol. The summed E-state index contributed by atoms with van der Waals surface area (Å²) in [6.45, 7) is 11.4. The van der Waals surface area contributed by atoms with Crippen LogP contribution >= 0.6 is 0 Å². The second kappa shape index (κ2) is 4.84. The van der Waals surface area contributed by atoms with Gasteiger partial charge in [0.1, 0.15) is 6.08 Å². The standard InChI is InChI=1S/C9H20O4Si2/c1-14(2,3)12-8(10)7-9(11)13-15(4,5)6/h7,10H,1-6H3.